The fourth-order valence-electron chi connectivity index (χ4n) is 1.96. The summed E-state index contributed by atoms with van der Waals surface area (Å²) in [5.74, 6) is 0.346. The minimum absolute atomic E-state index is 0.0853. The van der Waals surface area contributed by atoms with Crippen molar-refractivity contribution in [1.29, 1.82) is 0 Å². The highest BCUT2D eigenvalue weighted by Crippen LogP contribution is 2.31. The molecule has 2 N–H and O–H groups in total. The molecule has 1 aliphatic heterocycles. The molecule has 1 aromatic rings. The van der Waals surface area contributed by atoms with Crippen LogP contribution in [0.15, 0.2) is 27.6 Å². The fraction of sp³-hybridized carbons (Fsp3) is 0.455. The predicted octanol–water partition coefficient (Wildman–Crippen LogP) is 1.18. The highest BCUT2D eigenvalue weighted by Gasteiger charge is 2.33. The van der Waals surface area contributed by atoms with Crippen molar-refractivity contribution in [3.63, 3.8) is 0 Å². The van der Waals surface area contributed by atoms with Crippen LogP contribution in [0.3, 0.4) is 0 Å². The third-order valence-electron chi connectivity index (χ3n) is 2.93. The number of rotatable bonds is 3. The summed E-state index contributed by atoms with van der Waals surface area (Å²) >= 11 is 3.28. The summed E-state index contributed by atoms with van der Waals surface area (Å²) in [4.78, 5) is 0.175. The number of ether oxygens (including phenoxy) is 1. The van der Waals surface area contributed by atoms with Crippen molar-refractivity contribution < 1.29 is 13.2 Å². The van der Waals surface area contributed by atoms with Gasteiger partial charge in [0.25, 0.3) is 0 Å². The van der Waals surface area contributed by atoms with E-state index in [1.807, 2.05) is 0 Å². The Hall–Kier alpha value is -0.630. The Kier molecular flexibility index (Phi) is 3.96. The van der Waals surface area contributed by atoms with Crippen LogP contribution in [0.1, 0.15) is 6.42 Å². The Morgan fingerprint density at radius 3 is 2.78 bits per heavy atom. The molecular weight excluding hydrogens is 320 g/mol. The van der Waals surface area contributed by atoms with Gasteiger partial charge < -0.3 is 10.5 Å². The summed E-state index contributed by atoms with van der Waals surface area (Å²) in [6.07, 6.45) is 0.690. The SMILES string of the molecule is COc1ccc(Br)cc1S(=O)(=O)N1CC[C@@H](N)C1. The van der Waals surface area contributed by atoms with Crippen molar-refractivity contribution >= 4 is 26.0 Å². The van der Waals surface area contributed by atoms with Crippen LogP contribution in [0.25, 0.3) is 0 Å². The molecule has 0 bridgehead atoms. The van der Waals surface area contributed by atoms with Crippen LogP contribution in [0.4, 0.5) is 0 Å². The van der Waals surface area contributed by atoms with Gasteiger partial charge in [-0.05, 0) is 24.6 Å². The maximum Gasteiger partial charge on any atom is 0.246 e. The van der Waals surface area contributed by atoms with E-state index in [0.29, 0.717) is 29.7 Å². The molecule has 7 heteroatoms. The van der Waals surface area contributed by atoms with Gasteiger partial charge in [-0.1, -0.05) is 15.9 Å². The zero-order valence-electron chi connectivity index (χ0n) is 9.97. The van der Waals surface area contributed by atoms with E-state index >= 15 is 0 Å². The highest BCUT2D eigenvalue weighted by atomic mass is 79.9. The van der Waals surface area contributed by atoms with Gasteiger partial charge in [-0.2, -0.15) is 4.31 Å². The third kappa shape index (κ3) is 2.54. The van der Waals surface area contributed by atoms with Crippen molar-refractivity contribution in [3.8, 4) is 5.75 Å². The van der Waals surface area contributed by atoms with Crippen LogP contribution in [-0.2, 0) is 10.0 Å². The third-order valence-corrected chi connectivity index (χ3v) is 5.31. The minimum atomic E-state index is -3.54. The van der Waals surface area contributed by atoms with Crippen LogP contribution in [-0.4, -0.2) is 39.0 Å². The van der Waals surface area contributed by atoms with Gasteiger partial charge in [0.2, 0.25) is 10.0 Å². The Bertz CT molecular complexity index is 547. The quantitative estimate of drug-likeness (QED) is 0.900. The van der Waals surface area contributed by atoms with E-state index in [9.17, 15) is 8.42 Å². The zero-order chi connectivity index (χ0) is 13.3. The molecule has 100 valence electrons. The molecule has 5 nitrogen and oxygen atoms in total. The summed E-state index contributed by atoms with van der Waals surface area (Å²) in [6.45, 7) is 0.817. The number of nitrogens with two attached hydrogens (primary N) is 1. The number of halogens is 1. The Labute approximate surface area is 115 Å². The molecule has 0 aromatic heterocycles. The lowest BCUT2D eigenvalue weighted by Gasteiger charge is -2.18. The topological polar surface area (TPSA) is 72.6 Å². The number of benzene rings is 1. The van der Waals surface area contributed by atoms with E-state index in [-0.39, 0.29) is 10.9 Å². The molecule has 0 spiro atoms. The number of methoxy groups -OCH3 is 1. The Morgan fingerprint density at radius 2 is 2.22 bits per heavy atom. The molecule has 0 saturated carbocycles. The molecule has 2 rings (SSSR count). The van der Waals surface area contributed by atoms with E-state index in [0.717, 1.165) is 0 Å². The smallest absolute Gasteiger partial charge is 0.246 e. The molecule has 0 amide bonds. The second-order valence-corrected chi connectivity index (χ2v) is 7.03. The van der Waals surface area contributed by atoms with E-state index < -0.39 is 10.0 Å². The largest absolute Gasteiger partial charge is 0.495 e. The fourth-order valence-corrected chi connectivity index (χ4v) is 4.17. The lowest BCUT2D eigenvalue weighted by atomic mass is 10.3. The lowest BCUT2D eigenvalue weighted by Crippen LogP contribution is -2.32. The molecule has 1 aromatic carbocycles. The summed E-state index contributed by atoms with van der Waals surface area (Å²) in [6, 6.07) is 4.84. The molecule has 18 heavy (non-hydrogen) atoms. The lowest BCUT2D eigenvalue weighted by molar-refractivity contribution is 0.398. The number of hydrogen-bond acceptors (Lipinski definition) is 4. The van der Waals surface area contributed by atoms with Gasteiger partial charge >= 0.3 is 0 Å². The summed E-state index contributed by atoms with van der Waals surface area (Å²) in [5.41, 5.74) is 5.75. The van der Waals surface area contributed by atoms with Gasteiger partial charge in [0.05, 0.1) is 7.11 Å². The van der Waals surface area contributed by atoms with Crippen LogP contribution in [0.5, 0.6) is 5.75 Å². The van der Waals surface area contributed by atoms with Crippen LogP contribution in [0.2, 0.25) is 0 Å². The van der Waals surface area contributed by atoms with Gasteiger partial charge in [0.1, 0.15) is 10.6 Å². The van der Waals surface area contributed by atoms with Crippen molar-refractivity contribution in [3.05, 3.63) is 22.7 Å². The van der Waals surface area contributed by atoms with Gasteiger partial charge in [-0.3, -0.25) is 0 Å². The van der Waals surface area contributed by atoms with Crippen LogP contribution >= 0.6 is 15.9 Å². The van der Waals surface area contributed by atoms with Crippen LogP contribution < -0.4 is 10.5 Å². The molecule has 1 saturated heterocycles. The molecular formula is C11H15BrN2O3S. The zero-order valence-corrected chi connectivity index (χ0v) is 12.4. The monoisotopic (exact) mass is 334 g/mol. The first-order chi connectivity index (χ1) is 8.45. The summed E-state index contributed by atoms with van der Waals surface area (Å²) < 4.78 is 32.2. The molecule has 1 heterocycles. The Morgan fingerprint density at radius 1 is 1.50 bits per heavy atom. The Balaban J connectivity index is 2.43. The minimum Gasteiger partial charge on any atom is -0.495 e. The molecule has 0 unspecified atom stereocenters. The van der Waals surface area contributed by atoms with E-state index in [1.54, 1.807) is 18.2 Å². The van der Waals surface area contributed by atoms with Gasteiger partial charge in [-0.25, -0.2) is 8.42 Å². The molecule has 1 fully saturated rings. The molecule has 0 radical (unpaired) electrons. The first-order valence-corrected chi connectivity index (χ1v) is 7.77. The maximum atomic E-state index is 12.5. The standard InChI is InChI=1S/C11H15BrN2O3S/c1-17-10-3-2-8(12)6-11(10)18(15,16)14-5-4-9(13)7-14/h2-3,6,9H,4-5,7,13H2,1H3/t9-/m1/s1. The normalized spacial score (nSPS) is 21.2. The van der Waals surface area contributed by atoms with Crippen molar-refractivity contribution in [2.75, 3.05) is 20.2 Å². The van der Waals surface area contributed by atoms with Gasteiger partial charge in [0, 0.05) is 23.6 Å². The van der Waals surface area contributed by atoms with Gasteiger partial charge in [0.15, 0.2) is 0 Å². The van der Waals surface area contributed by atoms with Crippen LogP contribution in [0, 0.1) is 0 Å². The second kappa shape index (κ2) is 5.16. The van der Waals surface area contributed by atoms with Crippen molar-refractivity contribution in [2.24, 2.45) is 5.73 Å². The molecule has 1 atom stereocenters. The van der Waals surface area contributed by atoms with Crippen molar-refractivity contribution in [1.82, 2.24) is 4.31 Å². The summed E-state index contributed by atoms with van der Waals surface area (Å²) in [5, 5.41) is 0. The van der Waals surface area contributed by atoms with Crippen molar-refractivity contribution in [2.45, 2.75) is 17.4 Å². The molecule has 1 aliphatic rings. The highest BCUT2D eigenvalue weighted by molar-refractivity contribution is 9.10. The number of nitrogens with zero attached hydrogens (tertiary/aromatic N) is 1. The molecule has 0 aliphatic carbocycles. The predicted molar refractivity (Wildman–Crippen MR) is 72.0 cm³/mol. The van der Waals surface area contributed by atoms with E-state index in [2.05, 4.69) is 15.9 Å². The number of sulfonamides is 1. The van der Waals surface area contributed by atoms with Gasteiger partial charge in [-0.15, -0.1) is 0 Å². The maximum absolute atomic E-state index is 12.5. The first kappa shape index (κ1) is 13.8. The first-order valence-electron chi connectivity index (χ1n) is 5.54. The number of hydrogen-bond donors (Lipinski definition) is 1. The van der Waals surface area contributed by atoms with E-state index in [1.165, 1.54) is 11.4 Å². The summed E-state index contributed by atoms with van der Waals surface area (Å²) in [7, 11) is -2.08. The second-order valence-electron chi connectivity index (χ2n) is 4.21. The average molecular weight is 335 g/mol. The van der Waals surface area contributed by atoms with E-state index in [4.69, 9.17) is 10.5 Å². The average Bonchev–Trinajstić information content (AvgIpc) is 2.76.